The van der Waals surface area contributed by atoms with Crippen LogP contribution in [0.3, 0.4) is 0 Å². The number of carbonyl (C=O) groups is 2. The summed E-state index contributed by atoms with van der Waals surface area (Å²) in [5.41, 5.74) is 0.595. The highest BCUT2D eigenvalue weighted by Gasteiger charge is 2.33. The number of ether oxygens (including phenoxy) is 2. The van der Waals surface area contributed by atoms with Gasteiger partial charge in [0, 0.05) is 10.5 Å². The van der Waals surface area contributed by atoms with Crippen LogP contribution in [0.15, 0.2) is 29.2 Å². The number of thioether (sulfide) groups is 1. The molecule has 1 aromatic heterocycles. The Labute approximate surface area is 188 Å². The molecule has 31 heavy (non-hydrogen) atoms. The topological polar surface area (TPSA) is 90.6 Å². The fourth-order valence-electron chi connectivity index (χ4n) is 2.73. The number of nitrogens with zero attached hydrogens (tertiary/aromatic N) is 2. The lowest BCUT2D eigenvalue weighted by Gasteiger charge is -2.28. The van der Waals surface area contributed by atoms with Crippen LogP contribution in [0.5, 0.6) is 5.88 Å². The van der Waals surface area contributed by atoms with Gasteiger partial charge >= 0.3 is 11.9 Å². The van der Waals surface area contributed by atoms with Crippen molar-refractivity contribution < 1.29 is 24.2 Å². The Morgan fingerprint density at radius 2 is 1.74 bits per heavy atom. The average Bonchev–Trinajstić information content (AvgIpc) is 2.98. The molecule has 0 fully saturated rings. The second-order valence-electron chi connectivity index (χ2n) is 8.81. The minimum Gasteiger partial charge on any atom is -0.477 e. The molecular weight excluding hydrogens is 416 g/mol. The lowest BCUT2D eigenvalue weighted by molar-refractivity contribution is -0.156. The molecule has 0 spiro atoms. The molecule has 1 N–H and O–H groups in total. The second kappa shape index (κ2) is 9.77. The lowest BCUT2D eigenvalue weighted by Crippen LogP contribution is -2.36. The number of aromatic carboxylic acids is 1. The fraction of sp³-hybridized carbons (Fsp3) is 0.522. The van der Waals surface area contributed by atoms with E-state index in [9.17, 15) is 14.7 Å². The van der Waals surface area contributed by atoms with E-state index in [0.717, 1.165) is 17.7 Å². The van der Waals surface area contributed by atoms with E-state index < -0.39 is 16.3 Å². The number of esters is 1. The zero-order valence-corrected chi connectivity index (χ0v) is 20.1. The molecule has 0 aliphatic carbocycles. The van der Waals surface area contributed by atoms with Gasteiger partial charge in [0.05, 0.1) is 12.3 Å². The Balaban J connectivity index is 2.27. The van der Waals surface area contributed by atoms with Crippen LogP contribution in [0, 0.1) is 6.92 Å². The van der Waals surface area contributed by atoms with E-state index in [0.29, 0.717) is 23.7 Å². The standard InChI is InChI=1S/C23H32N2O5S/c1-8-9-14-29-19-15(2)18(20(26)27)24-25(19)16-10-12-17(13-11-16)31-23(6,7)21(28)30-22(3,4)5/h10-13H,8-9,14H2,1-7H3,(H,26,27). The highest BCUT2D eigenvalue weighted by Crippen LogP contribution is 2.35. The van der Waals surface area contributed by atoms with E-state index in [4.69, 9.17) is 9.47 Å². The Bertz CT molecular complexity index is 927. The molecule has 0 atom stereocenters. The molecule has 0 saturated carbocycles. The van der Waals surface area contributed by atoms with Crippen molar-refractivity contribution in [2.75, 3.05) is 6.61 Å². The van der Waals surface area contributed by atoms with Gasteiger partial charge in [0.25, 0.3) is 0 Å². The summed E-state index contributed by atoms with van der Waals surface area (Å²) in [5.74, 6) is -0.947. The fourth-order valence-corrected chi connectivity index (χ4v) is 3.72. The molecule has 0 unspecified atom stereocenters. The van der Waals surface area contributed by atoms with Crippen molar-refractivity contribution in [3.63, 3.8) is 0 Å². The van der Waals surface area contributed by atoms with Gasteiger partial charge in [-0.1, -0.05) is 13.3 Å². The van der Waals surface area contributed by atoms with Crippen LogP contribution < -0.4 is 4.74 Å². The van der Waals surface area contributed by atoms with Crippen molar-refractivity contribution in [2.45, 2.75) is 76.6 Å². The highest BCUT2D eigenvalue weighted by molar-refractivity contribution is 8.01. The number of hydrogen-bond donors (Lipinski definition) is 1. The van der Waals surface area contributed by atoms with Crippen molar-refractivity contribution in [3.05, 3.63) is 35.5 Å². The van der Waals surface area contributed by atoms with E-state index in [2.05, 4.69) is 12.0 Å². The van der Waals surface area contributed by atoms with Gasteiger partial charge in [0.1, 0.15) is 10.3 Å². The van der Waals surface area contributed by atoms with E-state index >= 15 is 0 Å². The number of carbonyl (C=O) groups excluding carboxylic acids is 1. The Kier molecular flexibility index (Phi) is 7.81. The summed E-state index contributed by atoms with van der Waals surface area (Å²) in [7, 11) is 0. The van der Waals surface area contributed by atoms with E-state index in [1.807, 2.05) is 58.9 Å². The zero-order chi connectivity index (χ0) is 23.4. The molecule has 1 heterocycles. The number of aromatic nitrogens is 2. The maximum absolute atomic E-state index is 12.5. The smallest absolute Gasteiger partial charge is 0.356 e. The monoisotopic (exact) mass is 448 g/mol. The molecule has 0 radical (unpaired) electrons. The van der Waals surface area contributed by atoms with Crippen LogP contribution in [0.1, 0.15) is 70.4 Å². The summed E-state index contributed by atoms with van der Waals surface area (Å²) >= 11 is 1.40. The lowest BCUT2D eigenvalue weighted by atomic mass is 10.1. The predicted octanol–water partition coefficient (Wildman–Crippen LogP) is 5.27. The molecule has 0 saturated heterocycles. The molecule has 0 amide bonds. The van der Waals surface area contributed by atoms with Crippen molar-refractivity contribution in [2.24, 2.45) is 0 Å². The first-order valence-electron chi connectivity index (χ1n) is 10.3. The molecule has 170 valence electrons. The summed E-state index contributed by atoms with van der Waals surface area (Å²) < 4.78 is 12.1. The van der Waals surface area contributed by atoms with Gasteiger partial charge in [-0.2, -0.15) is 9.78 Å². The van der Waals surface area contributed by atoms with Crippen LogP contribution in [-0.2, 0) is 9.53 Å². The molecule has 8 heteroatoms. The summed E-state index contributed by atoms with van der Waals surface area (Å²) in [6.07, 6.45) is 1.83. The van der Waals surface area contributed by atoms with Crippen LogP contribution in [0.25, 0.3) is 5.69 Å². The van der Waals surface area contributed by atoms with Crippen molar-refractivity contribution in [1.82, 2.24) is 9.78 Å². The van der Waals surface area contributed by atoms with E-state index in [-0.39, 0.29) is 11.7 Å². The molecule has 0 aliphatic rings. The van der Waals surface area contributed by atoms with E-state index in [1.165, 1.54) is 16.4 Å². The number of carboxylic acid groups (broad SMARTS) is 1. The molecule has 2 rings (SSSR count). The van der Waals surface area contributed by atoms with Gasteiger partial charge in [-0.15, -0.1) is 11.8 Å². The van der Waals surface area contributed by atoms with Gasteiger partial charge in [0.15, 0.2) is 5.69 Å². The van der Waals surface area contributed by atoms with Crippen LogP contribution >= 0.6 is 11.8 Å². The molecular formula is C23H32N2O5S. The summed E-state index contributed by atoms with van der Waals surface area (Å²) in [6.45, 7) is 13.4. The minimum atomic E-state index is -1.09. The largest absolute Gasteiger partial charge is 0.477 e. The molecule has 7 nitrogen and oxygen atoms in total. The molecule has 2 aromatic rings. The van der Waals surface area contributed by atoms with Crippen LogP contribution in [0.4, 0.5) is 0 Å². The van der Waals surface area contributed by atoms with Crippen molar-refractivity contribution in [3.8, 4) is 11.6 Å². The first kappa shape index (κ1) is 24.8. The third-order valence-electron chi connectivity index (χ3n) is 4.35. The Morgan fingerprint density at radius 1 is 1.13 bits per heavy atom. The number of rotatable bonds is 9. The minimum absolute atomic E-state index is 0.0315. The van der Waals surface area contributed by atoms with Crippen molar-refractivity contribution >= 4 is 23.7 Å². The van der Waals surface area contributed by atoms with Crippen LogP contribution in [0.2, 0.25) is 0 Å². The van der Waals surface area contributed by atoms with Gasteiger partial charge < -0.3 is 14.6 Å². The summed E-state index contributed by atoms with van der Waals surface area (Å²) in [4.78, 5) is 24.9. The van der Waals surface area contributed by atoms with Gasteiger partial charge in [-0.3, -0.25) is 4.79 Å². The Morgan fingerprint density at radius 3 is 2.26 bits per heavy atom. The van der Waals surface area contributed by atoms with Crippen molar-refractivity contribution in [1.29, 1.82) is 0 Å². The molecule has 0 bridgehead atoms. The quantitative estimate of drug-likeness (QED) is 0.317. The zero-order valence-electron chi connectivity index (χ0n) is 19.3. The van der Waals surface area contributed by atoms with Gasteiger partial charge in [0.2, 0.25) is 5.88 Å². The molecule has 1 aromatic carbocycles. The third kappa shape index (κ3) is 6.50. The number of benzene rings is 1. The van der Waals surface area contributed by atoms with Gasteiger partial charge in [-0.25, -0.2) is 4.79 Å². The summed E-state index contributed by atoms with van der Waals surface area (Å²) in [5, 5.41) is 13.7. The summed E-state index contributed by atoms with van der Waals surface area (Å²) in [6, 6.07) is 7.41. The predicted molar refractivity (Wildman–Crippen MR) is 121 cm³/mol. The Hall–Kier alpha value is -2.48. The number of carboxylic acids is 1. The first-order valence-corrected chi connectivity index (χ1v) is 11.2. The highest BCUT2D eigenvalue weighted by atomic mass is 32.2. The van der Waals surface area contributed by atoms with E-state index in [1.54, 1.807) is 6.92 Å². The molecule has 0 aliphatic heterocycles. The second-order valence-corrected chi connectivity index (χ2v) is 10.5. The maximum atomic E-state index is 12.5. The SMILES string of the molecule is CCCCOc1c(C)c(C(=O)O)nn1-c1ccc(SC(C)(C)C(=O)OC(C)(C)C)cc1. The number of unbranched alkanes of at least 4 members (excludes halogenated alkanes) is 1. The third-order valence-corrected chi connectivity index (χ3v) is 5.54. The average molecular weight is 449 g/mol. The maximum Gasteiger partial charge on any atom is 0.356 e. The number of hydrogen-bond acceptors (Lipinski definition) is 6. The first-order chi connectivity index (χ1) is 14.4. The normalized spacial score (nSPS) is 12.0. The van der Waals surface area contributed by atoms with Crippen LogP contribution in [-0.4, -0.2) is 43.8 Å². The van der Waals surface area contributed by atoms with Gasteiger partial charge in [-0.05, 0) is 72.2 Å².